The number of aryl methyl sites for hydroxylation is 1. The minimum atomic E-state index is -0.316. The quantitative estimate of drug-likeness (QED) is 0.838. The van der Waals surface area contributed by atoms with Crippen molar-refractivity contribution < 1.29 is 4.39 Å². The fourth-order valence-electron chi connectivity index (χ4n) is 1.70. The predicted molar refractivity (Wildman–Crippen MR) is 72.9 cm³/mol. The molecule has 0 bridgehead atoms. The number of rotatable bonds is 4. The summed E-state index contributed by atoms with van der Waals surface area (Å²) in [4.78, 5) is 18.8. The molecule has 0 aliphatic carbocycles. The van der Waals surface area contributed by atoms with Gasteiger partial charge in [-0.1, -0.05) is 11.8 Å². The summed E-state index contributed by atoms with van der Waals surface area (Å²) in [6.07, 6.45) is 0.614. The molecule has 0 fully saturated rings. The normalized spacial score (nSPS) is 10.7. The van der Waals surface area contributed by atoms with Gasteiger partial charge in [-0.3, -0.25) is 4.79 Å². The smallest absolute Gasteiger partial charge is 0.251 e. The van der Waals surface area contributed by atoms with Crippen LogP contribution in [-0.2, 0) is 6.42 Å². The number of aromatic nitrogens is 2. The Kier molecular flexibility index (Phi) is 4.34. The van der Waals surface area contributed by atoms with Crippen LogP contribution in [0.2, 0.25) is 0 Å². The topological polar surface area (TPSA) is 71.8 Å². The van der Waals surface area contributed by atoms with Crippen molar-refractivity contribution in [2.45, 2.75) is 23.4 Å². The van der Waals surface area contributed by atoms with Crippen LogP contribution in [0.15, 0.2) is 39.1 Å². The molecule has 0 saturated heterocycles. The number of benzene rings is 1. The molecule has 0 atom stereocenters. The Morgan fingerprint density at radius 3 is 2.84 bits per heavy atom. The fraction of sp³-hybridized carbons (Fsp3) is 0.231. The molecule has 6 heteroatoms. The van der Waals surface area contributed by atoms with E-state index in [1.165, 1.54) is 30.0 Å². The third kappa shape index (κ3) is 3.90. The third-order valence-corrected chi connectivity index (χ3v) is 3.28. The van der Waals surface area contributed by atoms with Crippen molar-refractivity contribution in [2.75, 3.05) is 6.54 Å². The number of aromatic amines is 1. The van der Waals surface area contributed by atoms with E-state index in [0.29, 0.717) is 28.7 Å². The Hall–Kier alpha value is -1.66. The predicted octanol–water partition coefficient (Wildman–Crippen LogP) is 1.87. The van der Waals surface area contributed by atoms with Crippen molar-refractivity contribution in [1.29, 1.82) is 0 Å². The molecule has 100 valence electrons. The van der Waals surface area contributed by atoms with Crippen LogP contribution in [0.3, 0.4) is 0 Å². The molecule has 1 aromatic heterocycles. The highest BCUT2D eigenvalue weighted by Gasteiger charge is 2.05. The summed E-state index contributed by atoms with van der Waals surface area (Å²) in [6, 6.07) is 6.13. The average molecular weight is 279 g/mol. The standard InChI is InChI=1S/C13H14FN3OS/c1-8-4-12(18)17-13(16-8)19-11-6-9(2-3-15)5-10(14)7-11/h4-7H,2-3,15H2,1H3,(H,16,17,18). The maximum atomic E-state index is 13.5. The zero-order valence-corrected chi connectivity index (χ0v) is 11.3. The number of nitrogens with zero attached hydrogens (tertiary/aromatic N) is 1. The van der Waals surface area contributed by atoms with Crippen LogP contribution in [0.1, 0.15) is 11.3 Å². The van der Waals surface area contributed by atoms with Crippen LogP contribution < -0.4 is 11.3 Å². The molecule has 0 aliphatic rings. The van der Waals surface area contributed by atoms with Gasteiger partial charge in [0.1, 0.15) is 5.82 Å². The van der Waals surface area contributed by atoms with E-state index in [4.69, 9.17) is 5.73 Å². The first-order valence-electron chi connectivity index (χ1n) is 5.82. The van der Waals surface area contributed by atoms with Gasteiger partial charge in [-0.2, -0.15) is 0 Å². The molecule has 0 radical (unpaired) electrons. The molecular weight excluding hydrogens is 265 g/mol. The Balaban J connectivity index is 2.29. The van der Waals surface area contributed by atoms with E-state index in [1.807, 2.05) is 6.07 Å². The van der Waals surface area contributed by atoms with Crippen molar-refractivity contribution in [2.24, 2.45) is 5.73 Å². The second-order valence-corrected chi connectivity index (χ2v) is 5.19. The third-order valence-electron chi connectivity index (χ3n) is 2.43. The van der Waals surface area contributed by atoms with Crippen LogP contribution in [-0.4, -0.2) is 16.5 Å². The van der Waals surface area contributed by atoms with Crippen LogP contribution in [0.4, 0.5) is 4.39 Å². The van der Waals surface area contributed by atoms with Crippen molar-refractivity contribution in [1.82, 2.24) is 9.97 Å². The lowest BCUT2D eigenvalue weighted by Crippen LogP contribution is -2.08. The zero-order valence-electron chi connectivity index (χ0n) is 10.4. The van der Waals surface area contributed by atoms with Gasteiger partial charge in [0, 0.05) is 16.7 Å². The van der Waals surface area contributed by atoms with Gasteiger partial charge in [0.25, 0.3) is 5.56 Å². The second kappa shape index (κ2) is 5.99. The maximum absolute atomic E-state index is 13.5. The van der Waals surface area contributed by atoms with E-state index >= 15 is 0 Å². The lowest BCUT2D eigenvalue weighted by molar-refractivity contribution is 0.621. The molecule has 4 nitrogen and oxygen atoms in total. The summed E-state index contributed by atoms with van der Waals surface area (Å²) in [7, 11) is 0. The minimum absolute atomic E-state index is 0.214. The number of halogens is 1. The van der Waals surface area contributed by atoms with E-state index in [2.05, 4.69) is 9.97 Å². The van der Waals surface area contributed by atoms with Crippen LogP contribution in [0, 0.1) is 12.7 Å². The summed E-state index contributed by atoms with van der Waals surface area (Å²) in [5.41, 5.74) is 6.71. The summed E-state index contributed by atoms with van der Waals surface area (Å²) in [5.74, 6) is -0.316. The number of H-pyrrole nitrogens is 1. The summed E-state index contributed by atoms with van der Waals surface area (Å²) in [5, 5.41) is 0.453. The van der Waals surface area contributed by atoms with Gasteiger partial charge >= 0.3 is 0 Å². The lowest BCUT2D eigenvalue weighted by Gasteiger charge is -2.05. The molecular formula is C13H14FN3OS. The van der Waals surface area contributed by atoms with Gasteiger partial charge in [-0.15, -0.1) is 0 Å². The number of hydrogen-bond acceptors (Lipinski definition) is 4. The highest BCUT2D eigenvalue weighted by molar-refractivity contribution is 7.99. The first-order valence-corrected chi connectivity index (χ1v) is 6.64. The highest BCUT2D eigenvalue weighted by atomic mass is 32.2. The van der Waals surface area contributed by atoms with Crippen molar-refractivity contribution in [3.05, 3.63) is 51.7 Å². The van der Waals surface area contributed by atoms with E-state index in [1.54, 1.807) is 6.92 Å². The van der Waals surface area contributed by atoms with E-state index in [9.17, 15) is 9.18 Å². The molecule has 2 aromatic rings. The zero-order chi connectivity index (χ0) is 13.8. The Labute approximate surface area is 114 Å². The fourth-order valence-corrected chi connectivity index (χ4v) is 2.65. The minimum Gasteiger partial charge on any atom is -0.330 e. The number of nitrogens with one attached hydrogen (secondary N) is 1. The number of nitrogens with two attached hydrogens (primary N) is 1. The molecule has 0 spiro atoms. The van der Waals surface area contributed by atoms with Crippen molar-refractivity contribution in [3.8, 4) is 0 Å². The molecule has 1 aromatic carbocycles. The van der Waals surface area contributed by atoms with Gasteiger partial charge in [0.05, 0.1) is 0 Å². The maximum Gasteiger partial charge on any atom is 0.251 e. The Morgan fingerprint density at radius 2 is 2.16 bits per heavy atom. The van der Waals surface area contributed by atoms with Gasteiger partial charge in [-0.05, 0) is 43.7 Å². The molecule has 3 N–H and O–H groups in total. The van der Waals surface area contributed by atoms with E-state index in [0.717, 1.165) is 5.56 Å². The molecule has 2 rings (SSSR count). The SMILES string of the molecule is Cc1cc(=O)[nH]c(Sc2cc(F)cc(CCN)c2)n1. The first kappa shape index (κ1) is 13.8. The molecule has 0 amide bonds. The van der Waals surface area contributed by atoms with Gasteiger partial charge in [-0.25, -0.2) is 9.37 Å². The molecule has 0 aliphatic heterocycles. The lowest BCUT2D eigenvalue weighted by atomic mass is 10.1. The summed E-state index contributed by atoms with van der Waals surface area (Å²) >= 11 is 1.22. The average Bonchev–Trinajstić information content (AvgIpc) is 2.26. The van der Waals surface area contributed by atoms with Gasteiger partial charge < -0.3 is 10.7 Å². The highest BCUT2D eigenvalue weighted by Crippen LogP contribution is 2.26. The van der Waals surface area contributed by atoms with E-state index < -0.39 is 0 Å². The van der Waals surface area contributed by atoms with Crippen LogP contribution in [0.5, 0.6) is 0 Å². The van der Waals surface area contributed by atoms with Crippen molar-refractivity contribution in [3.63, 3.8) is 0 Å². The van der Waals surface area contributed by atoms with Crippen LogP contribution >= 0.6 is 11.8 Å². The van der Waals surface area contributed by atoms with Gasteiger partial charge in [0.2, 0.25) is 0 Å². The summed E-state index contributed by atoms with van der Waals surface area (Å²) < 4.78 is 13.5. The molecule has 1 heterocycles. The molecule has 0 unspecified atom stereocenters. The first-order chi connectivity index (χ1) is 9.06. The van der Waals surface area contributed by atoms with Crippen molar-refractivity contribution >= 4 is 11.8 Å². The Bertz CT molecular complexity index is 642. The van der Waals surface area contributed by atoms with Crippen LogP contribution in [0.25, 0.3) is 0 Å². The van der Waals surface area contributed by atoms with E-state index in [-0.39, 0.29) is 11.4 Å². The second-order valence-electron chi connectivity index (χ2n) is 4.13. The summed E-state index contributed by atoms with van der Waals surface area (Å²) in [6.45, 7) is 2.21. The monoisotopic (exact) mass is 279 g/mol. The molecule has 19 heavy (non-hydrogen) atoms. The number of hydrogen-bond donors (Lipinski definition) is 2. The Morgan fingerprint density at radius 1 is 1.37 bits per heavy atom. The molecule has 0 saturated carbocycles. The van der Waals surface area contributed by atoms with Gasteiger partial charge in [0.15, 0.2) is 5.16 Å². The largest absolute Gasteiger partial charge is 0.330 e.